The minimum Gasteiger partial charge on any atom is -0.489 e. The summed E-state index contributed by atoms with van der Waals surface area (Å²) in [7, 11) is 0. The van der Waals surface area contributed by atoms with E-state index in [0.29, 0.717) is 16.1 Å². The van der Waals surface area contributed by atoms with Crippen LogP contribution in [0.2, 0.25) is 10.0 Å². The van der Waals surface area contributed by atoms with Crippen LogP contribution in [-0.2, 0) is 0 Å². The highest BCUT2D eigenvalue weighted by Crippen LogP contribution is 2.36. The summed E-state index contributed by atoms with van der Waals surface area (Å²) in [5, 5.41) is 4.74. The smallest absolute Gasteiger partial charge is 0.138 e. The molecule has 2 fully saturated rings. The first-order valence-corrected chi connectivity index (χ1v) is 6.69. The first kappa shape index (κ1) is 11.6. The molecule has 0 aliphatic carbocycles. The third-order valence-corrected chi connectivity index (χ3v) is 3.94. The first-order chi connectivity index (χ1) is 8.20. The predicted octanol–water partition coefficient (Wildman–Crippen LogP) is 3.82. The van der Waals surface area contributed by atoms with Crippen LogP contribution in [0.4, 0.5) is 0 Å². The van der Waals surface area contributed by atoms with Crippen molar-refractivity contribution < 1.29 is 4.74 Å². The van der Waals surface area contributed by atoms with Gasteiger partial charge in [0.2, 0.25) is 0 Å². The average molecular weight is 271 g/mol. The molecule has 3 rings (SSSR count). The molecule has 91 valence electrons. The molecule has 2 aliphatic rings. The van der Waals surface area contributed by atoms with Crippen molar-refractivity contribution in [2.24, 2.45) is 0 Å². The Morgan fingerprint density at radius 2 is 2.18 bits per heavy atom. The van der Waals surface area contributed by atoms with Gasteiger partial charge in [0.15, 0.2) is 0 Å². The van der Waals surface area contributed by atoms with Crippen LogP contribution < -0.4 is 10.1 Å². The van der Waals surface area contributed by atoms with E-state index < -0.39 is 0 Å². The number of rotatable bonds is 2. The lowest BCUT2D eigenvalue weighted by atomic mass is 10.0. The Bertz CT molecular complexity index is 412. The standard InChI is InChI=1S/C13H14Cl2NO/c14-8-1-4-13(12(15)5-8)17-11-6-9-2-3-10(7-11)16-9/h1,4-5,9,11,16H,2-3,6-7H2. The van der Waals surface area contributed by atoms with Gasteiger partial charge in [0.1, 0.15) is 11.9 Å². The fourth-order valence-corrected chi connectivity index (χ4v) is 3.09. The molecule has 2 nitrogen and oxygen atoms in total. The number of hydrogen-bond acceptors (Lipinski definition) is 2. The third kappa shape index (κ3) is 2.54. The number of piperidine rings is 1. The Balaban J connectivity index is 1.70. The second-order valence-electron chi connectivity index (χ2n) is 4.74. The van der Waals surface area contributed by atoms with E-state index in [4.69, 9.17) is 27.9 Å². The Morgan fingerprint density at radius 3 is 2.94 bits per heavy atom. The van der Waals surface area contributed by atoms with Crippen LogP contribution in [0.25, 0.3) is 0 Å². The molecule has 2 heterocycles. The molecule has 2 unspecified atom stereocenters. The number of halogens is 2. The highest BCUT2D eigenvalue weighted by Gasteiger charge is 2.35. The minimum absolute atomic E-state index is 0.248. The van der Waals surface area contributed by atoms with Gasteiger partial charge in [-0.1, -0.05) is 23.2 Å². The summed E-state index contributed by atoms with van der Waals surface area (Å²) in [6, 6.07) is 7.40. The van der Waals surface area contributed by atoms with Gasteiger partial charge in [-0.15, -0.1) is 0 Å². The zero-order chi connectivity index (χ0) is 11.8. The maximum atomic E-state index is 6.11. The van der Waals surface area contributed by atoms with Crippen LogP contribution in [0, 0.1) is 6.04 Å². The van der Waals surface area contributed by atoms with E-state index in [1.54, 1.807) is 6.07 Å². The summed E-state index contributed by atoms with van der Waals surface area (Å²) in [6.45, 7) is 0. The highest BCUT2D eigenvalue weighted by molar-refractivity contribution is 6.35. The van der Waals surface area contributed by atoms with Gasteiger partial charge in [0.05, 0.1) is 5.02 Å². The highest BCUT2D eigenvalue weighted by atomic mass is 35.5. The van der Waals surface area contributed by atoms with Crippen LogP contribution >= 0.6 is 23.2 Å². The number of benzene rings is 1. The van der Waals surface area contributed by atoms with Gasteiger partial charge >= 0.3 is 0 Å². The molecule has 2 aliphatic heterocycles. The summed E-state index contributed by atoms with van der Waals surface area (Å²) >= 11 is 12.0. The molecule has 0 aromatic heterocycles. The summed E-state index contributed by atoms with van der Waals surface area (Å²) in [5.74, 6) is 0.739. The molecule has 2 bridgehead atoms. The molecular formula is C13H14Cl2NO. The molecular weight excluding hydrogens is 257 g/mol. The number of nitrogens with one attached hydrogen (secondary N) is 1. The second kappa shape index (κ2) is 4.68. The Kier molecular flexibility index (Phi) is 3.20. The van der Waals surface area contributed by atoms with Crippen molar-refractivity contribution in [2.75, 3.05) is 0 Å². The Morgan fingerprint density at radius 1 is 1.29 bits per heavy atom. The van der Waals surface area contributed by atoms with Crippen LogP contribution in [0.5, 0.6) is 5.75 Å². The van der Waals surface area contributed by atoms with Gasteiger partial charge < -0.3 is 10.1 Å². The average Bonchev–Trinajstić information content (AvgIpc) is 2.62. The fraction of sp³-hybridized carbons (Fsp3) is 0.462. The van der Waals surface area contributed by atoms with Crippen LogP contribution in [0.1, 0.15) is 25.7 Å². The van der Waals surface area contributed by atoms with Crippen molar-refractivity contribution in [1.29, 1.82) is 0 Å². The largest absolute Gasteiger partial charge is 0.489 e. The lowest BCUT2D eigenvalue weighted by Crippen LogP contribution is -2.38. The molecule has 17 heavy (non-hydrogen) atoms. The first-order valence-electron chi connectivity index (χ1n) is 5.93. The molecule has 2 atom stereocenters. The number of hydrogen-bond donors (Lipinski definition) is 1. The molecule has 1 aromatic carbocycles. The zero-order valence-electron chi connectivity index (χ0n) is 9.38. The third-order valence-electron chi connectivity index (χ3n) is 3.41. The van der Waals surface area contributed by atoms with E-state index in [9.17, 15) is 0 Å². The van der Waals surface area contributed by atoms with Gasteiger partial charge in [-0.3, -0.25) is 0 Å². The van der Waals surface area contributed by atoms with E-state index >= 15 is 0 Å². The van der Waals surface area contributed by atoms with Crippen molar-refractivity contribution in [3.63, 3.8) is 0 Å². The topological polar surface area (TPSA) is 21.3 Å². The van der Waals surface area contributed by atoms with Crippen molar-refractivity contribution in [3.8, 4) is 5.75 Å². The van der Waals surface area contributed by atoms with Crippen molar-refractivity contribution in [2.45, 2.75) is 37.8 Å². The van der Waals surface area contributed by atoms with E-state index in [-0.39, 0.29) is 6.10 Å². The van der Waals surface area contributed by atoms with Crippen molar-refractivity contribution >= 4 is 23.2 Å². The van der Waals surface area contributed by atoms with Crippen LogP contribution in [-0.4, -0.2) is 12.1 Å². The molecule has 4 heteroatoms. The fourth-order valence-electron chi connectivity index (χ4n) is 2.63. The molecule has 0 amide bonds. The van der Waals surface area contributed by atoms with Crippen LogP contribution in [0.15, 0.2) is 18.2 Å². The lowest BCUT2D eigenvalue weighted by molar-refractivity contribution is 0.156. The van der Waals surface area contributed by atoms with Crippen molar-refractivity contribution in [1.82, 2.24) is 5.32 Å². The van der Waals surface area contributed by atoms with E-state index in [1.165, 1.54) is 18.9 Å². The number of ether oxygens (including phenoxy) is 1. The predicted molar refractivity (Wildman–Crippen MR) is 69.5 cm³/mol. The van der Waals surface area contributed by atoms with Gasteiger partial charge in [-0.25, -0.2) is 0 Å². The monoisotopic (exact) mass is 270 g/mol. The molecule has 2 saturated heterocycles. The molecule has 1 N–H and O–H groups in total. The maximum absolute atomic E-state index is 6.11. The summed E-state index contributed by atoms with van der Waals surface area (Å²) in [6.07, 6.45) is 4.73. The summed E-state index contributed by atoms with van der Waals surface area (Å²) in [4.78, 5) is 0. The van der Waals surface area contributed by atoms with Gasteiger partial charge in [0.25, 0.3) is 0 Å². The Labute approximate surface area is 111 Å². The minimum atomic E-state index is 0.248. The van der Waals surface area contributed by atoms with Gasteiger partial charge in [-0.2, -0.15) is 0 Å². The van der Waals surface area contributed by atoms with Crippen molar-refractivity contribution in [3.05, 3.63) is 34.3 Å². The Hall–Kier alpha value is -0.440. The maximum Gasteiger partial charge on any atom is 0.138 e. The van der Waals surface area contributed by atoms with E-state index in [0.717, 1.165) is 18.6 Å². The van der Waals surface area contributed by atoms with E-state index in [1.807, 2.05) is 12.1 Å². The van der Waals surface area contributed by atoms with E-state index in [2.05, 4.69) is 5.32 Å². The van der Waals surface area contributed by atoms with Gasteiger partial charge in [0, 0.05) is 23.5 Å². The molecule has 0 spiro atoms. The zero-order valence-corrected chi connectivity index (χ0v) is 10.9. The molecule has 1 radical (unpaired) electrons. The summed E-state index contributed by atoms with van der Waals surface area (Å²) < 4.78 is 5.97. The van der Waals surface area contributed by atoms with Crippen LogP contribution in [0.3, 0.4) is 0 Å². The SMILES string of the molecule is Clc1ccc(OC2C[C]3CCC(C2)N3)c(Cl)c1. The second-order valence-corrected chi connectivity index (χ2v) is 5.58. The number of fused-ring (bicyclic) bond motifs is 2. The normalized spacial score (nSPS) is 28.4. The molecule has 0 saturated carbocycles. The lowest BCUT2D eigenvalue weighted by Gasteiger charge is -2.29. The quantitative estimate of drug-likeness (QED) is 0.882. The molecule has 1 aromatic rings. The summed E-state index contributed by atoms with van der Waals surface area (Å²) in [5.41, 5.74) is 0. The van der Waals surface area contributed by atoms with Gasteiger partial charge in [-0.05, 0) is 37.5 Å².